The molecular weight excluding hydrogens is 302 g/mol. The molecule has 3 aromatic rings. The Bertz CT molecular complexity index is 894. The predicted octanol–water partition coefficient (Wildman–Crippen LogP) is 3.43. The second-order valence-corrected chi connectivity index (χ2v) is 6.03. The van der Waals surface area contributed by atoms with Crippen molar-refractivity contribution in [3.63, 3.8) is 0 Å². The Morgan fingerprint density at radius 3 is 2.25 bits per heavy atom. The van der Waals surface area contributed by atoms with Gasteiger partial charge in [-0.05, 0) is 40.5 Å². The minimum atomic E-state index is -0.566. The summed E-state index contributed by atoms with van der Waals surface area (Å²) in [5.74, 6) is -0.578. The van der Waals surface area contributed by atoms with Gasteiger partial charge in [0.1, 0.15) is 6.04 Å². The molecule has 1 aliphatic rings. The van der Waals surface area contributed by atoms with Gasteiger partial charge >= 0.3 is 5.97 Å². The predicted molar refractivity (Wildman–Crippen MR) is 92.9 cm³/mol. The van der Waals surface area contributed by atoms with Gasteiger partial charge in [0, 0.05) is 0 Å². The minimum Gasteiger partial charge on any atom is -0.464 e. The smallest absolute Gasteiger partial charge is 0.328 e. The van der Waals surface area contributed by atoms with Crippen LogP contribution in [0.2, 0.25) is 0 Å². The highest BCUT2D eigenvalue weighted by atomic mass is 16.5. The van der Waals surface area contributed by atoms with E-state index in [1.807, 2.05) is 48.5 Å². The summed E-state index contributed by atoms with van der Waals surface area (Å²) in [6.45, 7) is 0.433. The highest BCUT2D eigenvalue weighted by molar-refractivity contribution is 6.18. The maximum absolute atomic E-state index is 13.0. The van der Waals surface area contributed by atoms with Crippen LogP contribution in [-0.2, 0) is 9.53 Å². The van der Waals surface area contributed by atoms with E-state index in [2.05, 4.69) is 11.4 Å². The first-order valence-electron chi connectivity index (χ1n) is 8.12. The molecule has 120 valence electrons. The molecule has 3 aromatic carbocycles. The van der Waals surface area contributed by atoms with Gasteiger partial charge in [-0.25, -0.2) is 4.79 Å². The number of hydrogen-bond donors (Lipinski definition) is 1. The van der Waals surface area contributed by atoms with Gasteiger partial charge in [-0.1, -0.05) is 48.5 Å². The fourth-order valence-corrected chi connectivity index (χ4v) is 3.30. The molecule has 0 radical (unpaired) electrons. The van der Waals surface area contributed by atoms with Gasteiger partial charge in [-0.2, -0.15) is 0 Å². The van der Waals surface area contributed by atoms with E-state index in [4.69, 9.17) is 4.74 Å². The summed E-state index contributed by atoms with van der Waals surface area (Å²) in [5, 5.41) is 6.64. The van der Waals surface area contributed by atoms with Gasteiger partial charge in [0.2, 0.25) is 0 Å². The quantitative estimate of drug-likeness (QED) is 0.581. The maximum atomic E-state index is 13.0. The van der Waals surface area contributed by atoms with Crippen molar-refractivity contribution < 1.29 is 14.3 Å². The molecule has 24 heavy (non-hydrogen) atoms. The van der Waals surface area contributed by atoms with E-state index in [1.165, 1.54) is 0 Å². The van der Waals surface area contributed by atoms with Gasteiger partial charge in [0.05, 0.1) is 12.2 Å². The molecule has 1 aliphatic heterocycles. The SMILES string of the molecule is O=C(NC1CCCOC1=O)c1c2ccccc2cc2ccccc12. The maximum Gasteiger partial charge on any atom is 0.328 e. The molecule has 4 rings (SSSR count). The lowest BCUT2D eigenvalue weighted by molar-refractivity contribution is -0.149. The van der Waals surface area contributed by atoms with Gasteiger partial charge in [-0.3, -0.25) is 4.79 Å². The van der Waals surface area contributed by atoms with Crippen LogP contribution >= 0.6 is 0 Å². The van der Waals surface area contributed by atoms with Crippen molar-refractivity contribution in [2.24, 2.45) is 0 Å². The molecule has 1 saturated heterocycles. The van der Waals surface area contributed by atoms with Crippen molar-refractivity contribution in [2.75, 3.05) is 6.61 Å². The largest absolute Gasteiger partial charge is 0.464 e. The lowest BCUT2D eigenvalue weighted by Crippen LogP contribution is -2.44. The molecule has 1 unspecified atom stereocenters. The first-order valence-corrected chi connectivity index (χ1v) is 8.12. The summed E-state index contributed by atoms with van der Waals surface area (Å²) in [7, 11) is 0. The number of benzene rings is 3. The number of hydrogen-bond acceptors (Lipinski definition) is 3. The Kier molecular flexibility index (Phi) is 3.65. The third kappa shape index (κ3) is 2.50. The van der Waals surface area contributed by atoms with Crippen LogP contribution < -0.4 is 5.32 Å². The monoisotopic (exact) mass is 319 g/mol. The van der Waals surface area contributed by atoms with Crippen LogP contribution in [0.25, 0.3) is 21.5 Å². The molecule has 1 fully saturated rings. The summed E-state index contributed by atoms with van der Waals surface area (Å²) in [4.78, 5) is 24.8. The molecule has 4 nitrogen and oxygen atoms in total. The molecule has 0 bridgehead atoms. The number of nitrogens with one attached hydrogen (secondary N) is 1. The number of ether oxygens (including phenoxy) is 1. The number of esters is 1. The molecule has 0 aliphatic carbocycles. The number of carbonyl (C=O) groups is 2. The molecule has 0 aromatic heterocycles. The van der Waals surface area contributed by atoms with Gasteiger partial charge < -0.3 is 10.1 Å². The summed E-state index contributed by atoms with van der Waals surface area (Å²) in [6, 6.07) is 17.1. The lowest BCUT2D eigenvalue weighted by atomic mass is 9.96. The molecular formula is C20H17NO3. The van der Waals surface area contributed by atoms with Crippen molar-refractivity contribution in [3.05, 3.63) is 60.2 Å². The zero-order valence-electron chi connectivity index (χ0n) is 13.1. The van der Waals surface area contributed by atoms with Crippen LogP contribution in [0.1, 0.15) is 23.2 Å². The number of rotatable bonds is 2. The average Bonchev–Trinajstić information content (AvgIpc) is 2.61. The van der Waals surface area contributed by atoms with Crippen LogP contribution in [0.4, 0.5) is 0 Å². The summed E-state index contributed by atoms with van der Waals surface area (Å²) >= 11 is 0. The van der Waals surface area contributed by atoms with Crippen molar-refractivity contribution in [1.29, 1.82) is 0 Å². The zero-order valence-corrected chi connectivity index (χ0v) is 13.1. The van der Waals surface area contributed by atoms with E-state index in [0.717, 1.165) is 28.0 Å². The Morgan fingerprint density at radius 1 is 1.00 bits per heavy atom. The third-order valence-corrected chi connectivity index (χ3v) is 4.47. The van der Waals surface area contributed by atoms with E-state index in [1.54, 1.807) is 0 Å². The molecule has 1 N–H and O–H groups in total. The van der Waals surface area contributed by atoms with Crippen LogP contribution in [0.3, 0.4) is 0 Å². The summed E-state index contributed by atoms with van der Waals surface area (Å²) < 4.78 is 5.05. The highest BCUT2D eigenvalue weighted by Gasteiger charge is 2.27. The lowest BCUT2D eigenvalue weighted by Gasteiger charge is -2.22. The van der Waals surface area contributed by atoms with Gasteiger partial charge in [-0.15, -0.1) is 0 Å². The molecule has 0 spiro atoms. The topological polar surface area (TPSA) is 55.4 Å². The Balaban J connectivity index is 1.83. The standard InChI is InChI=1S/C20H17NO3/c22-19(21-17-10-5-11-24-20(17)23)18-15-8-3-1-6-13(15)12-14-7-2-4-9-16(14)18/h1-4,6-9,12,17H,5,10-11H2,(H,21,22). The van der Waals surface area contributed by atoms with Crippen molar-refractivity contribution >= 4 is 33.4 Å². The van der Waals surface area contributed by atoms with E-state index in [0.29, 0.717) is 18.6 Å². The van der Waals surface area contributed by atoms with Gasteiger partial charge in [0.15, 0.2) is 0 Å². The first kappa shape index (κ1) is 14.7. The van der Waals surface area contributed by atoms with Gasteiger partial charge in [0.25, 0.3) is 5.91 Å². The number of cyclic esters (lactones) is 1. The normalized spacial score (nSPS) is 17.7. The number of carbonyl (C=O) groups excluding carboxylic acids is 2. The van der Waals surface area contributed by atoms with Crippen LogP contribution in [0.15, 0.2) is 54.6 Å². The molecule has 1 atom stereocenters. The molecule has 1 amide bonds. The molecule has 4 heteroatoms. The van der Waals surface area contributed by atoms with Crippen molar-refractivity contribution in [1.82, 2.24) is 5.32 Å². The fourth-order valence-electron chi connectivity index (χ4n) is 3.30. The van der Waals surface area contributed by atoms with Crippen LogP contribution in [0.5, 0.6) is 0 Å². The first-order chi connectivity index (χ1) is 11.7. The van der Waals surface area contributed by atoms with Crippen molar-refractivity contribution in [3.8, 4) is 0 Å². The van der Waals surface area contributed by atoms with E-state index in [9.17, 15) is 9.59 Å². The molecule has 1 heterocycles. The second kappa shape index (κ2) is 5.96. The Labute approximate surface area is 139 Å². The second-order valence-electron chi connectivity index (χ2n) is 6.03. The Hall–Kier alpha value is -2.88. The van der Waals surface area contributed by atoms with E-state index >= 15 is 0 Å². The zero-order chi connectivity index (χ0) is 16.5. The molecule has 0 saturated carbocycles. The minimum absolute atomic E-state index is 0.230. The Morgan fingerprint density at radius 2 is 1.62 bits per heavy atom. The third-order valence-electron chi connectivity index (χ3n) is 4.47. The number of amides is 1. The van der Waals surface area contributed by atoms with Crippen LogP contribution in [0, 0.1) is 0 Å². The summed E-state index contributed by atoms with van der Waals surface area (Å²) in [6.07, 6.45) is 1.39. The fraction of sp³-hybridized carbons (Fsp3) is 0.200. The van der Waals surface area contributed by atoms with E-state index < -0.39 is 6.04 Å². The average molecular weight is 319 g/mol. The highest BCUT2D eigenvalue weighted by Crippen LogP contribution is 2.28. The van der Waals surface area contributed by atoms with Crippen molar-refractivity contribution in [2.45, 2.75) is 18.9 Å². The van der Waals surface area contributed by atoms with Crippen LogP contribution in [-0.4, -0.2) is 24.5 Å². The number of fused-ring (bicyclic) bond motifs is 2. The summed E-state index contributed by atoms with van der Waals surface area (Å²) in [5.41, 5.74) is 0.613. The van der Waals surface area contributed by atoms with E-state index in [-0.39, 0.29) is 11.9 Å².